The molecule has 0 amide bonds. The lowest BCUT2D eigenvalue weighted by atomic mass is 10.6. The molecule has 0 aliphatic heterocycles. The molecule has 3 heteroatoms. The molecule has 2 nitrogen and oxygen atoms in total. The molecule has 1 N–H and O–H groups in total. The Morgan fingerprint density at radius 2 is 2.12 bits per heavy atom. The number of hydrogen-bond acceptors (Lipinski definition) is 1. The number of rotatable bonds is 2. The van der Waals surface area contributed by atoms with Crippen molar-refractivity contribution in [3.05, 3.63) is 10.7 Å². The molecular weight excluding hydrogens is 170 g/mol. The van der Waals surface area contributed by atoms with Gasteiger partial charge in [-0.05, 0) is 15.9 Å². The van der Waals surface area contributed by atoms with Gasteiger partial charge in [0.2, 0.25) is 0 Å². The predicted octanol–water partition coefficient (Wildman–Crippen LogP) is -0.434. The summed E-state index contributed by atoms with van der Waals surface area (Å²) in [6, 6.07) is 0. The Balaban J connectivity index is 3.74. The second kappa shape index (κ2) is 3.80. The average Bonchev–Trinajstić information content (AvgIpc) is 1.65. The topological polar surface area (TPSA) is 21.5 Å². The number of hydrogen-bond donors (Lipinski definition) is 1. The second-order valence-electron chi connectivity index (χ2n) is 1.72. The third kappa shape index (κ3) is 4.02. The zero-order valence-corrected chi connectivity index (χ0v) is 6.53. The van der Waals surface area contributed by atoms with Gasteiger partial charge in [-0.2, -0.15) is 0 Å². The van der Waals surface area contributed by atoms with Crippen molar-refractivity contribution < 1.29 is 9.69 Å². The van der Waals surface area contributed by atoms with E-state index in [1.54, 1.807) is 6.20 Å². The van der Waals surface area contributed by atoms with Crippen LogP contribution in [-0.2, 0) is 4.79 Å². The molecule has 0 aromatic rings. The van der Waals surface area contributed by atoms with Gasteiger partial charge in [0.25, 0.3) is 0 Å². The van der Waals surface area contributed by atoms with Crippen molar-refractivity contribution in [3.8, 4) is 0 Å². The Labute approximate surface area is 57.3 Å². The smallest absolute Gasteiger partial charge is 0.162 e. The van der Waals surface area contributed by atoms with E-state index in [4.69, 9.17) is 0 Å². The molecule has 0 aromatic heterocycles. The molecule has 0 radical (unpaired) electrons. The van der Waals surface area contributed by atoms with Gasteiger partial charge in [-0.15, -0.1) is 0 Å². The zero-order chi connectivity index (χ0) is 6.57. The van der Waals surface area contributed by atoms with Gasteiger partial charge in [-0.1, -0.05) is 0 Å². The molecule has 0 unspecified atom stereocenters. The van der Waals surface area contributed by atoms with Crippen molar-refractivity contribution in [2.45, 2.75) is 0 Å². The molecule has 0 bridgehead atoms. The largest absolute Gasteiger partial charge is 0.312 e. The lowest BCUT2D eigenvalue weighted by Gasteiger charge is -1.95. The molecule has 0 aliphatic rings. The highest BCUT2D eigenvalue weighted by Gasteiger charge is 1.89. The van der Waals surface area contributed by atoms with Crippen molar-refractivity contribution in [3.63, 3.8) is 0 Å². The van der Waals surface area contributed by atoms with Gasteiger partial charge < -0.3 is 4.90 Å². The second-order valence-corrected chi connectivity index (χ2v) is 2.64. The zero-order valence-electron chi connectivity index (χ0n) is 4.94. The summed E-state index contributed by atoms with van der Waals surface area (Å²) in [6.45, 7) is 0. The van der Waals surface area contributed by atoms with Crippen LogP contribution in [0.5, 0.6) is 0 Å². The standard InChI is InChI=1S/C5H8BrNO/c1-7(2)3-5(6)4-8/h3-4H,1-2H3/p+1/b5-3-. The Hall–Kier alpha value is -0.150. The normalized spacial score (nSPS) is 12.2. The SMILES string of the molecule is C[NH+](C)/C=C(\Br)C=O. The minimum absolute atomic E-state index is 0.595. The highest BCUT2D eigenvalue weighted by molar-refractivity contribution is 9.12. The van der Waals surface area contributed by atoms with Crippen LogP contribution in [0.25, 0.3) is 0 Å². The summed E-state index contributed by atoms with van der Waals surface area (Å²) in [5.74, 6) is 0. The lowest BCUT2D eigenvalue weighted by molar-refractivity contribution is -0.801. The maximum Gasteiger partial charge on any atom is 0.162 e. The number of halogens is 1. The van der Waals surface area contributed by atoms with Crippen LogP contribution in [-0.4, -0.2) is 20.4 Å². The molecule has 0 rings (SSSR count). The Morgan fingerprint density at radius 3 is 2.25 bits per heavy atom. The van der Waals surface area contributed by atoms with Crippen LogP contribution in [0.15, 0.2) is 10.7 Å². The quantitative estimate of drug-likeness (QED) is 0.450. The van der Waals surface area contributed by atoms with E-state index in [1.807, 2.05) is 14.1 Å². The van der Waals surface area contributed by atoms with Crippen LogP contribution < -0.4 is 4.90 Å². The summed E-state index contributed by atoms with van der Waals surface area (Å²) in [6.07, 6.45) is 2.54. The van der Waals surface area contributed by atoms with E-state index in [1.165, 1.54) is 0 Å². The van der Waals surface area contributed by atoms with E-state index in [0.29, 0.717) is 4.48 Å². The number of allylic oxidation sites excluding steroid dienone is 1. The molecule has 0 saturated carbocycles. The molecular formula is C5H9BrNO+. The van der Waals surface area contributed by atoms with E-state index >= 15 is 0 Å². The third-order valence-corrected chi connectivity index (χ3v) is 0.955. The summed E-state index contributed by atoms with van der Waals surface area (Å²) in [5.41, 5.74) is 0. The summed E-state index contributed by atoms with van der Waals surface area (Å²) < 4.78 is 0.595. The molecule has 46 valence electrons. The maximum absolute atomic E-state index is 9.91. The van der Waals surface area contributed by atoms with Crippen molar-refractivity contribution in [1.82, 2.24) is 0 Å². The van der Waals surface area contributed by atoms with Crippen molar-refractivity contribution in [1.29, 1.82) is 0 Å². The van der Waals surface area contributed by atoms with E-state index in [2.05, 4.69) is 15.9 Å². The molecule has 0 spiro atoms. The minimum Gasteiger partial charge on any atom is -0.312 e. The first kappa shape index (κ1) is 7.85. The van der Waals surface area contributed by atoms with E-state index in [-0.39, 0.29) is 0 Å². The van der Waals surface area contributed by atoms with E-state index in [9.17, 15) is 4.79 Å². The number of nitrogens with one attached hydrogen (secondary N) is 1. The molecule has 0 aliphatic carbocycles. The molecule has 0 aromatic carbocycles. The first-order chi connectivity index (χ1) is 3.66. The van der Waals surface area contributed by atoms with Crippen LogP contribution in [0.4, 0.5) is 0 Å². The summed E-state index contributed by atoms with van der Waals surface area (Å²) >= 11 is 3.05. The molecule has 0 fully saturated rings. The highest BCUT2D eigenvalue weighted by Crippen LogP contribution is 1.93. The summed E-state index contributed by atoms with van der Waals surface area (Å²) in [4.78, 5) is 11.0. The van der Waals surface area contributed by atoms with E-state index in [0.717, 1.165) is 11.2 Å². The van der Waals surface area contributed by atoms with Gasteiger partial charge in [0.15, 0.2) is 6.29 Å². The van der Waals surface area contributed by atoms with Crippen LogP contribution in [0.2, 0.25) is 0 Å². The van der Waals surface area contributed by atoms with Gasteiger partial charge in [0.1, 0.15) is 10.7 Å². The Morgan fingerprint density at radius 1 is 1.62 bits per heavy atom. The third-order valence-electron chi connectivity index (χ3n) is 0.539. The monoisotopic (exact) mass is 178 g/mol. The fraction of sp³-hybridized carbons (Fsp3) is 0.400. The number of carbonyl (C=O) groups is 1. The van der Waals surface area contributed by atoms with Crippen LogP contribution >= 0.6 is 15.9 Å². The average molecular weight is 179 g/mol. The first-order valence-electron chi connectivity index (χ1n) is 2.29. The number of quaternary nitrogens is 1. The minimum atomic E-state index is 0.595. The van der Waals surface area contributed by atoms with Gasteiger partial charge in [-0.25, -0.2) is 0 Å². The fourth-order valence-electron chi connectivity index (χ4n) is 0.310. The molecule has 0 heterocycles. The first-order valence-corrected chi connectivity index (χ1v) is 3.08. The molecule has 8 heavy (non-hydrogen) atoms. The number of aldehydes is 1. The Kier molecular flexibility index (Phi) is 3.73. The van der Waals surface area contributed by atoms with Gasteiger partial charge in [-0.3, -0.25) is 4.79 Å². The van der Waals surface area contributed by atoms with E-state index < -0.39 is 0 Å². The van der Waals surface area contributed by atoms with Crippen LogP contribution in [0.1, 0.15) is 0 Å². The van der Waals surface area contributed by atoms with Gasteiger partial charge in [0.05, 0.1) is 14.1 Å². The van der Waals surface area contributed by atoms with Gasteiger partial charge in [0, 0.05) is 0 Å². The molecule has 0 atom stereocenters. The Bertz CT molecular complexity index is 109. The van der Waals surface area contributed by atoms with Gasteiger partial charge >= 0.3 is 0 Å². The van der Waals surface area contributed by atoms with Crippen LogP contribution in [0.3, 0.4) is 0 Å². The highest BCUT2D eigenvalue weighted by atomic mass is 79.9. The van der Waals surface area contributed by atoms with Crippen molar-refractivity contribution in [2.75, 3.05) is 14.1 Å². The lowest BCUT2D eigenvalue weighted by Crippen LogP contribution is -3.00. The summed E-state index contributed by atoms with van der Waals surface area (Å²) in [7, 11) is 3.87. The van der Waals surface area contributed by atoms with Crippen molar-refractivity contribution in [2.24, 2.45) is 0 Å². The fourth-order valence-corrected chi connectivity index (χ4v) is 0.768. The summed E-state index contributed by atoms with van der Waals surface area (Å²) in [5, 5.41) is 0. The maximum atomic E-state index is 9.91. The van der Waals surface area contributed by atoms with Crippen LogP contribution in [0, 0.1) is 0 Å². The van der Waals surface area contributed by atoms with Crippen molar-refractivity contribution >= 4 is 22.2 Å². The number of carbonyl (C=O) groups excluding carboxylic acids is 1. The molecule has 0 saturated heterocycles. The predicted molar refractivity (Wildman–Crippen MR) is 35.9 cm³/mol.